The van der Waals surface area contributed by atoms with Gasteiger partial charge >= 0.3 is 0 Å². The van der Waals surface area contributed by atoms with Gasteiger partial charge in [0.15, 0.2) is 11.5 Å². The quantitative estimate of drug-likeness (QED) is 0.267. The Morgan fingerprint density at radius 3 is 2.38 bits per heavy atom. The molecule has 4 aromatic rings. The zero-order chi connectivity index (χ0) is 27.5. The summed E-state index contributed by atoms with van der Waals surface area (Å²) < 4.78 is 51.1. The summed E-state index contributed by atoms with van der Waals surface area (Å²) in [4.78, 5) is 6.67. The second kappa shape index (κ2) is 11.3. The summed E-state index contributed by atoms with van der Waals surface area (Å²) in [6, 6.07) is 22.4. The van der Waals surface area contributed by atoms with Gasteiger partial charge < -0.3 is 23.5 Å². The molecule has 6 rings (SSSR count). The summed E-state index contributed by atoms with van der Waals surface area (Å²) in [7, 11) is -4.03. The van der Waals surface area contributed by atoms with Crippen molar-refractivity contribution < 1.29 is 27.0 Å². The van der Waals surface area contributed by atoms with Crippen LogP contribution in [0.15, 0.2) is 87.1 Å². The van der Waals surface area contributed by atoms with Crippen LogP contribution in [0.3, 0.4) is 0 Å². The van der Waals surface area contributed by atoms with Gasteiger partial charge in [0.1, 0.15) is 19.0 Å². The number of piperidine rings is 1. The number of anilines is 1. The normalized spacial score (nSPS) is 15.7. The molecule has 0 atom stereocenters. The summed E-state index contributed by atoms with van der Waals surface area (Å²) in [5.74, 6) is 2.71. The van der Waals surface area contributed by atoms with Gasteiger partial charge in [0.25, 0.3) is 0 Å². The first kappa shape index (κ1) is 26.3. The summed E-state index contributed by atoms with van der Waals surface area (Å²) >= 11 is 0. The lowest BCUT2D eigenvalue weighted by molar-refractivity contribution is 0.171. The van der Waals surface area contributed by atoms with Crippen molar-refractivity contribution in [3.8, 4) is 28.7 Å². The van der Waals surface area contributed by atoms with Crippen molar-refractivity contribution in [3.05, 3.63) is 78.4 Å². The maximum Gasteiger partial charge on any atom is 0.236 e. The van der Waals surface area contributed by atoms with Gasteiger partial charge in [-0.3, -0.25) is 0 Å². The van der Waals surface area contributed by atoms with Crippen LogP contribution in [0.1, 0.15) is 25.3 Å². The van der Waals surface area contributed by atoms with E-state index in [1.54, 1.807) is 6.07 Å². The predicted molar refractivity (Wildman–Crippen MR) is 151 cm³/mol. The highest BCUT2D eigenvalue weighted by Crippen LogP contribution is 2.39. The monoisotopic (exact) mass is 560 g/mol. The number of ether oxygens (including phenoxy) is 3. The van der Waals surface area contributed by atoms with E-state index in [9.17, 15) is 8.42 Å². The van der Waals surface area contributed by atoms with E-state index in [2.05, 4.69) is 29.2 Å². The first-order chi connectivity index (χ1) is 19.5. The molecule has 208 valence electrons. The molecule has 2 aliphatic heterocycles. The molecule has 0 spiro atoms. The summed E-state index contributed by atoms with van der Waals surface area (Å²) in [6.07, 6.45) is 2.86. The largest absolute Gasteiger partial charge is 0.494 e. The second-order valence-corrected chi connectivity index (χ2v) is 11.9. The lowest BCUT2D eigenvalue weighted by Crippen LogP contribution is -2.34. The second-order valence-electron chi connectivity index (χ2n) is 10.0. The lowest BCUT2D eigenvalue weighted by Gasteiger charge is -2.32. The molecule has 0 bridgehead atoms. The molecule has 9 heteroatoms. The van der Waals surface area contributed by atoms with Crippen molar-refractivity contribution in [2.24, 2.45) is 5.92 Å². The third-order valence-electron chi connectivity index (χ3n) is 7.34. The molecule has 0 aliphatic carbocycles. The number of aromatic nitrogens is 1. The van der Waals surface area contributed by atoms with E-state index in [4.69, 9.17) is 18.6 Å². The van der Waals surface area contributed by atoms with E-state index < -0.39 is 9.84 Å². The fourth-order valence-electron chi connectivity index (χ4n) is 5.25. The predicted octanol–water partition coefficient (Wildman–Crippen LogP) is 5.80. The highest BCUT2D eigenvalue weighted by molar-refractivity contribution is 7.91. The lowest BCUT2D eigenvalue weighted by atomic mass is 9.90. The summed E-state index contributed by atoms with van der Waals surface area (Å²) in [6.45, 7) is 4.63. The van der Waals surface area contributed by atoms with Crippen molar-refractivity contribution in [1.82, 2.24) is 4.98 Å². The van der Waals surface area contributed by atoms with Crippen LogP contribution < -0.4 is 19.1 Å². The molecule has 8 nitrogen and oxygen atoms in total. The third kappa shape index (κ3) is 5.38. The third-order valence-corrected chi connectivity index (χ3v) is 8.99. The van der Waals surface area contributed by atoms with Crippen LogP contribution in [-0.4, -0.2) is 46.3 Å². The van der Waals surface area contributed by atoms with Gasteiger partial charge in [-0.2, -0.15) is 4.98 Å². The Bertz CT molecular complexity index is 1560. The highest BCUT2D eigenvalue weighted by atomic mass is 32.2. The average molecular weight is 561 g/mol. The van der Waals surface area contributed by atoms with Crippen molar-refractivity contribution in [3.63, 3.8) is 0 Å². The van der Waals surface area contributed by atoms with Gasteiger partial charge in [-0.15, -0.1) is 0 Å². The highest BCUT2D eigenvalue weighted by Gasteiger charge is 2.34. The molecule has 2 aliphatic rings. The van der Waals surface area contributed by atoms with E-state index in [1.807, 2.05) is 42.2 Å². The minimum atomic E-state index is -4.03. The minimum absolute atomic E-state index is 0.0866. The van der Waals surface area contributed by atoms with Gasteiger partial charge in [0.2, 0.25) is 26.6 Å². The van der Waals surface area contributed by atoms with Gasteiger partial charge in [0.05, 0.1) is 11.5 Å². The molecule has 1 saturated heterocycles. The van der Waals surface area contributed by atoms with Crippen LogP contribution in [0.25, 0.3) is 11.5 Å². The Hall–Kier alpha value is -3.98. The van der Waals surface area contributed by atoms with Crippen molar-refractivity contribution >= 4 is 15.7 Å². The Morgan fingerprint density at radius 2 is 1.65 bits per heavy atom. The van der Waals surface area contributed by atoms with Crippen molar-refractivity contribution in [2.45, 2.75) is 36.1 Å². The fraction of sp³-hybridized carbons (Fsp3) is 0.323. The topological polar surface area (TPSA) is 91.1 Å². The number of fused-ring (bicyclic) bond motifs is 1. The van der Waals surface area contributed by atoms with Crippen LogP contribution >= 0.6 is 0 Å². The number of benzene rings is 3. The average Bonchev–Trinajstić information content (AvgIpc) is 3.45. The van der Waals surface area contributed by atoms with E-state index >= 15 is 0 Å². The number of sulfone groups is 1. The first-order valence-corrected chi connectivity index (χ1v) is 15.2. The van der Waals surface area contributed by atoms with Gasteiger partial charge in [0, 0.05) is 24.7 Å². The standard InChI is InChI=1S/C31H32N2O6S/c1-2-36-25-10-8-24(9-11-25)29-32-30(40(34,35)26-12-13-27-28(21-26)38-19-18-37-27)31(39-29)33-16-14-23(15-17-33)20-22-6-4-3-5-7-22/h3-13,21,23H,2,14-20H2,1H3. The molecule has 1 fully saturated rings. The van der Waals surface area contributed by atoms with Crippen molar-refractivity contribution in [1.29, 1.82) is 0 Å². The maximum absolute atomic E-state index is 14.0. The number of oxazole rings is 1. The fourth-order valence-corrected chi connectivity index (χ4v) is 6.58. The molecule has 40 heavy (non-hydrogen) atoms. The number of hydrogen-bond acceptors (Lipinski definition) is 8. The van der Waals surface area contributed by atoms with Crippen LogP contribution in [0.5, 0.6) is 17.2 Å². The molecule has 0 amide bonds. The zero-order valence-electron chi connectivity index (χ0n) is 22.4. The zero-order valence-corrected chi connectivity index (χ0v) is 23.2. The minimum Gasteiger partial charge on any atom is -0.494 e. The molecule has 1 aromatic heterocycles. The van der Waals surface area contributed by atoms with E-state index in [1.165, 1.54) is 17.7 Å². The van der Waals surface area contributed by atoms with Gasteiger partial charge in [-0.25, -0.2) is 8.42 Å². The van der Waals surface area contributed by atoms with E-state index in [-0.39, 0.29) is 21.7 Å². The Kier molecular flexibility index (Phi) is 7.38. The molecular weight excluding hydrogens is 528 g/mol. The Balaban J connectivity index is 1.32. The summed E-state index contributed by atoms with van der Waals surface area (Å²) in [5, 5.41) is -0.0884. The van der Waals surface area contributed by atoms with Crippen molar-refractivity contribution in [2.75, 3.05) is 37.8 Å². The number of rotatable bonds is 8. The Labute approximate surface area is 234 Å². The SMILES string of the molecule is CCOc1ccc(-c2nc(S(=O)(=O)c3ccc4c(c3)OCCO4)c(N3CCC(Cc4ccccc4)CC3)o2)cc1. The van der Waals surface area contributed by atoms with Crippen LogP contribution in [0, 0.1) is 5.92 Å². The van der Waals surface area contributed by atoms with Gasteiger partial charge in [-0.1, -0.05) is 30.3 Å². The molecule has 3 heterocycles. The van der Waals surface area contributed by atoms with E-state index in [0.717, 1.165) is 25.0 Å². The molecular formula is C31H32N2O6S. The molecule has 3 aromatic carbocycles. The molecule has 0 N–H and O–H groups in total. The van der Waals surface area contributed by atoms with Gasteiger partial charge in [-0.05, 0) is 74.1 Å². The van der Waals surface area contributed by atoms with Crippen LogP contribution in [0.2, 0.25) is 0 Å². The van der Waals surface area contributed by atoms with Crippen LogP contribution in [0.4, 0.5) is 5.88 Å². The molecule has 0 saturated carbocycles. The number of hydrogen-bond donors (Lipinski definition) is 0. The molecule has 0 unspecified atom stereocenters. The van der Waals surface area contributed by atoms with Crippen LogP contribution in [-0.2, 0) is 16.3 Å². The first-order valence-electron chi connectivity index (χ1n) is 13.7. The smallest absolute Gasteiger partial charge is 0.236 e. The number of nitrogens with zero attached hydrogens (tertiary/aromatic N) is 2. The summed E-state index contributed by atoms with van der Waals surface area (Å²) in [5.41, 5.74) is 1.99. The maximum atomic E-state index is 14.0. The van der Waals surface area contributed by atoms with E-state index in [0.29, 0.717) is 55.9 Å². The Morgan fingerprint density at radius 1 is 0.925 bits per heavy atom. The molecule has 0 radical (unpaired) electrons.